The normalized spacial score (nSPS) is 40.3. The third-order valence-electron chi connectivity index (χ3n) is 10.3. The van der Waals surface area contributed by atoms with E-state index in [2.05, 4.69) is 24.7 Å². The molecule has 4 rings (SSSR count). The molecular weight excluding hydrogens is 438 g/mol. The van der Waals surface area contributed by atoms with Gasteiger partial charge in [0.25, 0.3) is 0 Å². The molecule has 0 radical (unpaired) electrons. The van der Waals surface area contributed by atoms with Crippen LogP contribution in [0.1, 0.15) is 92.4 Å². The Hall–Kier alpha value is -1.46. The van der Waals surface area contributed by atoms with E-state index >= 15 is 0 Å². The van der Waals surface area contributed by atoms with Gasteiger partial charge < -0.3 is 9.47 Å². The van der Waals surface area contributed by atoms with Crippen LogP contribution in [0.3, 0.4) is 0 Å². The summed E-state index contributed by atoms with van der Waals surface area (Å²) >= 11 is 0. The molecule has 4 nitrogen and oxygen atoms in total. The summed E-state index contributed by atoms with van der Waals surface area (Å²) in [4.78, 5) is 23.3. The Balaban J connectivity index is 1.49. The molecule has 4 aliphatic rings. The lowest BCUT2D eigenvalue weighted by atomic mass is 9.47. The molecule has 0 aromatic heterocycles. The largest absolute Gasteiger partial charge is 0.462 e. The standard InChI is InChI=1S/C28H42F2O4/c1-6-33-25(32)28(29,30)16-17(2)22-9-10-23-21-8-7-19-15-20(34-18(3)31)11-13-26(19,4)24(21)12-14-27(22,23)5/h7,17,20-24H,6,8-16H2,1-5H3/t17-,20+,21?,22-,23?,24?,26+,27-/m1/s1. The van der Waals surface area contributed by atoms with Crippen molar-refractivity contribution in [3.8, 4) is 0 Å². The number of hydrogen-bond donors (Lipinski definition) is 0. The number of alkyl halides is 2. The maximum atomic E-state index is 14.6. The van der Waals surface area contributed by atoms with E-state index in [0.717, 1.165) is 51.4 Å². The highest BCUT2D eigenvalue weighted by molar-refractivity contribution is 5.77. The smallest absolute Gasteiger partial charge is 0.376 e. The number of carbonyl (C=O) groups is 2. The van der Waals surface area contributed by atoms with E-state index < -0.39 is 18.3 Å². The number of halogens is 2. The molecule has 0 aromatic carbocycles. The number of rotatable bonds is 6. The van der Waals surface area contributed by atoms with Gasteiger partial charge in [-0.05, 0) is 92.3 Å². The Kier molecular flexibility index (Phi) is 6.94. The van der Waals surface area contributed by atoms with E-state index in [4.69, 9.17) is 4.74 Å². The SMILES string of the molecule is CCOC(=O)C(F)(F)C[C@@H](C)[C@H]1CCC2C3CC=C4C[C@@H](OC(C)=O)CC[C@]4(C)C3CC[C@@]21C. The molecule has 3 fully saturated rings. The molecule has 3 unspecified atom stereocenters. The van der Waals surface area contributed by atoms with E-state index in [0.29, 0.717) is 17.8 Å². The van der Waals surface area contributed by atoms with Gasteiger partial charge in [-0.25, -0.2) is 4.79 Å². The topological polar surface area (TPSA) is 52.6 Å². The summed E-state index contributed by atoms with van der Waals surface area (Å²) in [6.45, 7) is 9.69. The number of carbonyl (C=O) groups excluding carboxylic acids is 2. The van der Waals surface area contributed by atoms with Crippen LogP contribution in [0.15, 0.2) is 11.6 Å². The zero-order chi connectivity index (χ0) is 24.9. The van der Waals surface area contributed by atoms with Crippen LogP contribution in [0.25, 0.3) is 0 Å². The number of ether oxygens (including phenoxy) is 2. The van der Waals surface area contributed by atoms with Crippen molar-refractivity contribution in [1.82, 2.24) is 0 Å². The van der Waals surface area contributed by atoms with Crippen molar-refractivity contribution >= 4 is 11.9 Å². The van der Waals surface area contributed by atoms with E-state index in [1.807, 2.05) is 6.92 Å². The fraction of sp³-hybridized carbons (Fsp3) is 0.857. The van der Waals surface area contributed by atoms with Gasteiger partial charge in [0, 0.05) is 19.8 Å². The van der Waals surface area contributed by atoms with Crippen LogP contribution >= 0.6 is 0 Å². The minimum Gasteiger partial charge on any atom is -0.462 e. The van der Waals surface area contributed by atoms with Gasteiger partial charge in [-0.2, -0.15) is 8.78 Å². The van der Waals surface area contributed by atoms with Gasteiger partial charge in [-0.15, -0.1) is 0 Å². The Morgan fingerprint density at radius 3 is 2.56 bits per heavy atom. The molecule has 0 heterocycles. The monoisotopic (exact) mass is 480 g/mol. The molecule has 4 aliphatic carbocycles. The molecule has 3 saturated carbocycles. The number of hydrogen-bond acceptors (Lipinski definition) is 4. The first-order valence-corrected chi connectivity index (χ1v) is 13.3. The van der Waals surface area contributed by atoms with Crippen molar-refractivity contribution < 1.29 is 27.8 Å². The van der Waals surface area contributed by atoms with Crippen LogP contribution in [-0.2, 0) is 19.1 Å². The second kappa shape index (κ2) is 9.20. The lowest BCUT2D eigenvalue weighted by Crippen LogP contribution is -2.51. The molecule has 8 atom stereocenters. The predicted octanol–water partition coefficient (Wildman–Crippen LogP) is 6.72. The molecular formula is C28H42F2O4. The summed E-state index contributed by atoms with van der Waals surface area (Å²) in [5, 5.41) is 0. The second-order valence-corrected chi connectivity index (χ2v) is 12.1. The fourth-order valence-corrected chi connectivity index (χ4v) is 8.80. The molecule has 0 aromatic rings. The van der Waals surface area contributed by atoms with E-state index in [-0.39, 0.29) is 41.3 Å². The Morgan fingerprint density at radius 2 is 1.88 bits per heavy atom. The van der Waals surface area contributed by atoms with Gasteiger partial charge in [0.2, 0.25) is 0 Å². The van der Waals surface area contributed by atoms with Crippen LogP contribution in [0.2, 0.25) is 0 Å². The summed E-state index contributed by atoms with van der Waals surface area (Å²) in [5.74, 6) is -3.29. The zero-order valence-electron chi connectivity index (χ0n) is 21.5. The first kappa shape index (κ1) is 25.6. The Bertz CT molecular complexity index is 838. The average Bonchev–Trinajstić information content (AvgIpc) is 3.11. The Morgan fingerprint density at radius 1 is 1.15 bits per heavy atom. The lowest BCUT2D eigenvalue weighted by Gasteiger charge is -2.58. The molecule has 34 heavy (non-hydrogen) atoms. The quantitative estimate of drug-likeness (QED) is 0.313. The van der Waals surface area contributed by atoms with Gasteiger partial charge in [0.1, 0.15) is 6.10 Å². The summed E-state index contributed by atoms with van der Waals surface area (Å²) in [6.07, 6.45) is 10.1. The minimum absolute atomic E-state index is 0.00000751. The van der Waals surface area contributed by atoms with Crippen molar-refractivity contribution in [3.05, 3.63) is 11.6 Å². The maximum absolute atomic E-state index is 14.6. The van der Waals surface area contributed by atoms with Crippen molar-refractivity contribution in [3.63, 3.8) is 0 Å². The summed E-state index contributed by atoms with van der Waals surface area (Å²) in [6, 6.07) is 0. The first-order chi connectivity index (χ1) is 15.9. The first-order valence-electron chi connectivity index (χ1n) is 13.3. The Labute approximate surface area is 203 Å². The van der Waals surface area contributed by atoms with Gasteiger partial charge in [0.15, 0.2) is 0 Å². The fourth-order valence-electron chi connectivity index (χ4n) is 8.80. The maximum Gasteiger partial charge on any atom is 0.376 e. The van der Waals surface area contributed by atoms with E-state index in [1.54, 1.807) is 6.92 Å². The molecule has 6 heteroatoms. The summed E-state index contributed by atoms with van der Waals surface area (Å²) < 4.78 is 39.3. The molecule has 0 spiro atoms. The number of esters is 2. The van der Waals surface area contributed by atoms with Gasteiger partial charge in [-0.3, -0.25) is 4.79 Å². The average molecular weight is 481 g/mol. The zero-order valence-corrected chi connectivity index (χ0v) is 21.5. The second-order valence-electron chi connectivity index (χ2n) is 12.1. The van der Waals surface area contributed by atoms with E-state index in [1.165, 1.54) is 12.5 Å². The molecule has 0 aliphatic heterocycles. The highest BCUT2D eigenvalue weighted by Gasteiger charge is 2.60. The van der Waals surface area contributed by atoms with Gasteiger partial charge in [0.05, 0.1) is 6.61 Å². The molecule has 0 bridgehead atoms. The number of allylic oxidation sites excluding steroid dienone is 1. The van der Waals surface area contributed by atoms with Crippen molar-refractivity contribution in [2.24, 2.45) is 40.4 Å². The van der Waals surface area contributed by atoms with Gasteiger partial charge in [-0.1, -0.05) is 32.4 Å². The van der Waals surface area contributed by atoms with Crippen molar-refractivity contribution in [1.29, 1.82) is 0 Å². The van der Waals surface area contributed by atoms with Crippen LogP contribution in [0.4, 0.5) is 8.78 Å². The van der Waals surface area contributed by atoms with Crippen molar-refractivity contribution in [2.45, 2.75) is 104 Å². The minimum atomic E-state index is -3.42. The molecule has 0 N–H and O–H groups in total. The van der Waals surface area contributed by atoms with Crippen LogP contribution in [0.5, 0.6) is 0 Å². The van der Waals surface area contributed by atoms with Gasteiger partial charge >= 0.3 is 17.9 Å². The molecule has 192 valence electrons. The third kappa shape index (κ3) is 4.32. The summed E-state index contributed by atoms with van der Waals surface area (Å²) in [7, 11) is 0. The lowest BCUT2D eigenvalue weighted by molar-refractivity contribution is -0.175. The molecule has 0 amide bonds. The third-order valence-corrected chi connectivity index (χ3v) is 10.3. The van der Waals surface area contributed by atoms with E-state index in [9.17, 15) is 18.4 Å². The van der Waals surface area contributed by atoms with Crippen LogP contribution < -0.4 is 0 Å². The predicted molar refractivity (Wildman–Crippen MR) is 126 cm³/mol. The van der Waals surface area contributed by atoms with Crippen LogP contribution in [-0.4, -0.2) is 30.6 Å². The highest BCUT2D eigenvalue weighted by atomic mass is 19.3. The number of fused-ring (bicyclic) bond motifs is 5. The van der Waals surface area contributed by atoms with Crippen molar-refractivity contribution in [2.75, 3.05) is 6.61 Å². The van der Waals surface area contributed by atoms with Crippen LogP contribution in [0, 0.1) is 40.4 Å². The summed E-state index contributed by atoms with van der Waals surface area (Å²) in [5.41, 5.74) is 1.66. The highest BCUT2D eigenvalue weighted by Crippen LogP contribution is 2.67. The molecule has 0 saturated heterocycles.